The number of imidazole rings is 1. The van der Waals surface area contributed by atoms with E-state index in [-0.39, 0.29) is 0 Å². The highest BCUT2D eigenvalue weighted by molar-refractivity contribution is 6.88. The predicted molar refractivity (Wildman–Crippen MR) is 142 cm³/mol. The Balaban J connectivity index is 1.39. The molecule has 168 valence electrons. The van der Waals surface area contributed by atoms with E-state index in [0.29, 0.717) is 0 Å². The molecule has 0 aliphatic rings. The molecule has 0 amide bonds. The van der Waals surface area contributed by atoms with Crippen LogP contribution in [0.3, 0.4) is 0 Å². The summed E-state index contributed by atoms with van der Waals surface area (Å²) in [6, 6.07) is 25.3. The third-order valence-electron chi connectivity index (χ3n) is 6.38. The molecule has 0 saturated carbocycles. The quantitative estimate of drug-likeness (QED) is 0.250. The van der Waals surface area contributed by atoms with Gasteiger partial charge < -0.3 is 0 Å². The van der Waals surface area contributed by atoms with Crippen LogP contribution in [-0.2, 0) is 12.8 Å². The van der Waals surface area contributed by atoms with Crippen LogP contribution in [0.15, 0.2) is 85.2 Å². The van der Waals surface area contributed by atoms with Crippen LogP contribution in [0.4, 0.5) is 0 Å². The first-order chi connectivity index (χ1) is 16.5. The molecule has 0 aliphatic carbocycles. The average Bonchev–Trinajstić information content (AvgIpc) is 3.50. The highest BCUT2D eigenvalue weighted by atomic mass is 28.3. The number of nitrogens with zero attached hydrogens (tertiary/aromatic N) is 5. The van der Waals surface area contributed by atoms with E-state index in [1.165, 1.54) is 10.7 Å². The largest absolute Gasteiger partial charge is 0.299 e. The smallest absolute Gasteiger partial charge is 0.147 e. The van der Waals surface area contributed by atoms with Crippen molar-refractivity contribution in [3.8, 4) is 5.69 Å². The molecule has 0 aliphatic heterocycles. The second kappa shape index (κ2) is 7.92. The van der Waals surface area contributed by atoms with Gasteiger partial charge in [-0.1, -0.05) is 56.0 Å². The molecule has 4 aromatic heterocycles. The van der Waals surface area contributed by atoms with Crippen LogP contribution in [0, 0.1) is 0 Å². The van der Waals surface area contributed by atoms with E-state index in [2.05, 4.69) is 84.8 Å². The Morgan fingerprint density at radius 3 is 2.32 bits per heavy atom. The molecule has 4 heterocycles. The number of hydrogen-bond donors (Lipinski definition) is 0. The van der Waals surface area contributed by atoms with Gasteiger partial charge in [0.15, 0.2) is 0 Å². The Hall–Kier alpha value is -3.77. The summed E-state index contributed by atoms with van der Waals surface area (Å²) in [5.74, 6) is 0. The van der Waals surface area contributed by atoms with Crippen LogP contribution in [0.1, 0.15) is 11.4 Å². The second-order valence-electron chi connectivity index (χ2n) is 9.87. The number of benzene rings is 2. The third kappa shape index (κ3) is 3.60. The molecule has 0 spiro atoms. The van der Waals surface area contributed by atoms with Crippen LogP contribution in [0.2, 0.25) is 19.6 Å². The summed E-state index contributed by atoms with van der Waals surface area (Å²) in [4.78, 5) is 10.2. The molecular weight excluding hydrogens is 434 g/mol. The standard InChI is InChI=1S/C28H27N5Si/c1-34(2,3)26-16-15-24-27(30-26)23-11-7-8-12-25(23)32-19-21(29-28(24)32)14-13-20-17-18-33(31-20)22-9-5-4-6-10-22/h4-12,15-19H,13-14H2,1-3H3. The molecule has 0 saturated heterocycles. The number of aryl methyl sites for hydroxylation is 2. The molecule has 34 heavy (non-hydrogen) atoms. The molecule has 0 radical (unpaired) electrons. The summed E-state index contributed by atoms with van der Waals surface area (Å²) in [6.07, 6.45) is 5.89. The van der Waals surface area contributed by atoms with Gasteiger partial charge in [0.2, 0.25) is 0 Å². The number of pyridine rings is 2. The van der Waals surface area contributed by atoms with Crippen LogP contribution in [0.5, 0.6) is 0 Å². The molecule has 6 heteroatoms. The minimum atomic E-state index is -1.52. The normalized spacial score (nSPS) is 12.2. The SMILES string of the molecule is C[Si](C)(C)c1ccc2c(n1)c1ccccc1n1cc(CCc3ccn(-c4ccccc4)n3)nc21. The zero-order chi connectivity index (χ0) is 23.3. The monoisotopic (exact) mass is 461 g/mol. The van der Waals surface area contributed by atoms with Gasteiger partial charge in [-0.05, 0) is 49.2 Å². The lowest BCUT2D eigenvalue weighted by molar-refractivity contribution is 0.811. The maximum Gasteiger partial charge on any atom is 0.147 e. The minimum absolute atomic E-state index is 0.837. The van der Waals surface area contributed by atoms with Crippen LogP contribution < -0.4 is 5.32 Å². The minimum Gasteiger partial charge on any atom is -0.299 e. The van der Waals surface area contributed by atoms with Crippen molar-refractivity contribution >= 4 is 40.8 Å². The van der Waals surface area contributed by atoms with Gasteiger partial charge in [0.1, 0.15) is 13.7 Å². The average molecular weight is 462 g/mol. The van der Waals surface area contributed by atoms with Crippen molar-refractivity contribution in [2.24, 2.45) is 0 Å². The van der Waals surface area contributed by atoms with Gasteiger partial charge in [0, 0.05) is 28.5 Å². The van der Waals surface area contributed by atoms with Crippen molar-refractivity contribution in [1.29, 1.82) is 0 Å². The Labute approximate surface area is 199 Å². The topological polar surface area (TPSA) is 48.0 Å². The van der Waals surface area contributed by atoms with Crippen LogP contribution in [0.25, 0.3) is 33.1 Å². The van der Waals surface area contributed by atoms with E-state index in [9.17, 15) is 0 Å². The Bertz CT molecular complexity index is 1640. The van der Waals surface area contributed by atoms with Crippen molar-refractivity contribution in [2.75, 3.05) is 0 Å². The van der Waals surface area contributed by atoms with Gasteiger partial charge >= 0.3 is 0 Å². The van der Waals surface area contributed by atoms with Crippen molar-refractivity contribution < 1.29 is 0 Å². The molecule has 0 unspecified atom stereocenters. The van der Waals surface area contributed by atoms with E-state index in [0.717, 1.165) is 52.0 Å². The summed E-state index contributed by atoms with van der Waals surface area (Å²) in [5.41, 5.74) is 6.40. The predicted octanol–water partition coefficient (Wildman–Crippen LogP) is 5.55. The maximum absolute atomic E-state index is 5.15. The fourth-order valence-electron chi connectivity index (χ4n) is 4.55. The third-order valence-corrected chi connectivity index (χ3v) is 8.20. The van der Waals surface area contributed by atoms with Crippen molar-refractivity contribution in [3.05, 3.63) is 96.6 Å². The maximum atomic E-state index is 5.15. The number of rotatable bonds is 5. The zero-order valence-electron chi connectivity index (χ0n) is 19.7. The Morgan fingerprint density at radius 1 is 0.735 bits per heavy atom. The zero-order valence-corrected chi connectivity index (χ0v) is 20.7. The Kier molecular flexibility index (Phi) is 4.85. The van der Waals surface area contributed by atoms with Crippen LogP contribution in [-0.4, -0.2) is 32.2 Å². The fourth-order valence-corrected chi connectivity index (χ4v) is 5.58. The number of fused-ring (bicyclic) bond motifs is 6. The van der Waals surface area contributed by atoms with Gasteiger partial charge in [-0.3, -0.25) is 9.38 Å². The first kappa shape index (κ1) is 20.8. The molecule has 5 nitrogen and oxygen atoms in total. The van der Waals surface area contributed by atoms with E-state index < -0.39 is 8.07 Å². The van der Waals surface area contributed by atoms with Crippen LogP contribution >= 0.6 is 0 Å². The molecule has 0 fully saturated rings. The number of aromatic nitrogens is 5. The summed E-state index contributed by atoms with van der Waals surface area (Å²) < 4.78 is 4.16. The van der Waals surface area contributed by atoms with Crippen molar-refractivity contribution in [2.45, 2.75) is 32.5 Å². The van der Waals surface area contributed by atoms with Gasteiger partial charge in [-0.2, -0.15) is 5.10 Å². The summed E-state index contributed by atoms with van der Waals surface area (Å²) in [7, 11) is -1.52. The number of para-hydroxylation sites is 2. The highest BCUT2D eigenvalue weighted by Gasteiger charge is 2.20. The molecule has 6 aromatic rings. The summed E-state index contributed by atoms with van der Waals surface area (Å²) in [5, 5.41) is 8.28. The van der Waals surface area contributed by atoms with Crippen molar-refractivity contribution in [1.82, 2.24) is 24.1 Å². The summed E-state index contributed by atoms with van der Waals surface area (Å²) in [6.45, 7) is 7.03. The Morgan fingerprint density at radius 2 is 1.50 bits per heavy atom. The van der Waals surface area contributed by atoms with Gasteiger partial charge in [0.05, 0.1) is 28.1 Å². The molecule has 6 rings (SSSR count). The molecule has 0 bridgehead atoms. The van der Waals surface area contributed by atoms with Gasteiger partial charge in [-0.25, -0.2) is 9.67 Å². The summed E-state index contributed by atoms with van der Waals surface area (Å²) >= 11 is 0. The molecule has 0 atom stereocenters. The fraction of sp³-hybridized carbons (Fsp3) is 0.179. The first-order valence-corrected chi connectivity index (χ1v) is 15.3. The lowest BCUT2D eigenvalue weighted by atomic mass is 10.1. The van der Waals surface area contributed by atoms with Crippen molar-refractivity contribution in [3.63, 3.8) is 0 Å². The second-order valence-corrected chi connectivity index (χ2v) is 14.9. The lowest BCUT2D eigenvalue weighted by Gasteiger charge is -2.16. The molecule has 2 aromatic carbocycles. The van der Waals surface area contributed by atoms with Gasteiger partial charge in [-0.15, -0.1) is 0 Å². The van der Waals surface area contributed by atoms with E-state index in [1.807, 2.05) is 29.1 Å². The number of hydrogen-bond acceptors (Lipinski definition) is 3. The van der Waals surface area contributed by atoms with E-state index >= 15 is 0 Å². The first-order valence-electron chi connectivity index (χ1n) is 11.8. The highest BCUT2D eigenvalue weighted by Crippen LogP contribution is 2.28. The van der Waals surface area contributed by atoms with E-state index in [1.54, 1.807) is 0 Å². The van der Waals surface area contributed by atoms with E-state index in [4.69, 9.17) is 15.1 Å². The molecule has 0 N–H and O–H groups in total. The van der Waals surface area contributed by atoms with Gasteiger partial charge in [0.25, 0.3) is 0 Å². The lowest BCUT2D eigenvalue weighted by Crippen LogP contribution is -2.39. The molecular formula is C28H27N5Si.